The number of carbonyl (C=O) groups excluding carboxylic acids is 1. The van der Waals surface area contributed by atoms with Gasteiger partial charge in [-0.15, -0.1) is 11.3 Å². The third kappa shape index (κ3) is 2.35. The summed E-state index contributed by atoms with van der Waals surface area (Å²) in [5.74, 6) is 0.0284. The van der Waals surface area contributed by atoms with Gasteiger partial charge < -0.3 is 0 Å². The number of halogens is 3. The molecule has 6 heteroatoms. The van der Waals surface area contributed by atoms with Crippen LogP contribution in [0.5, 0.6) is 0 Å². The highest BCUT2D eigenvalue weighted by Crippen LogP contribution is 2.34. The number of aromatic nitrogens is 1. The predicted molar refractivity (Wildman–Crippen MR) is 69.8 cm³/mol. The summed E-state index contributed by atoms with van der Waals surface area (Å²) >= 11 is 1.39. The maximum absolute atomic E-state index is 12.5. The van der Waals surface area contributed by atoms with E-state index in [2.05, 4.69) is 4.98 Å². The summed E-state index contributed by atoms with van der Waals surface area (Å²) in [4.78, 5) is 16.9. The molecule has 0 saturated heterocycles. The zero-order valence-electron chi connectivity index (χ0n) is 10.3. The Kier molecular flexibility index (Phi) is 3.12. The molecule has 0 amide bonds. The van der Waals surface area contributed by atoms with Crippen molar-refractivity contribution in [3.63, 3.8) is 0 Å². The van der Waals surface area contributed by atoms with Crippen LogP contribution >= 0.6 is 11.3 Å². The van der Waals surface area contributed by atoms with Crippen LogP contribution in [-0.4, -0.2) is 10.8 Å². The second-order valence-electron chi connectivity index (χ2n) is 4.64. The van der Waals surface area contributed by atoms with E-state index in [0.29, 0.717) is 22.7 Å². The fourth-order valence-electron chi connectivity index (χ4n) is 2.19. The number of ketones is 1. The van der Waals surface area contributed by atoms with Crippen LogP contribution in [0, 0.1) is 0 Å². The topological polar surface area (TPSA) is 30.0 Å². The van der Waals surface area contributed by atoms with Gasteiger partial charge in [-0.3, -0.25) is 4.79 Å². The van der Waals surface area contributed by atoms with Crippen LogP contribution in [0.4, 0.5) is 13.2 Å². The number of alkyl halides is 3. The summed E-state index contributed by atoms with van der Waals surface area (Å²) in [5, 5.41) is 0.610. The third-order valence-electron chi connectivity index (χ3n) is 3.23. The lowest BCUT2D eigenvalue weighted by Crippen LogP contribution is -2.08. The van der Waals surface area contributed by atoms with Crippen LogP contribution in [0.15, 0.2) is 24.3 Å². The van der Waals surface area contributed by atoms with Gasteiger partial charge in [-0.1, -0.05) is 12.1 Å². The van der Waals surface area contributed by atoms with Crippen molar-refractivity contribution in [1.82, 2.24) is 4.98 Å². The number of rotatable bonds is 1. The van der Waals surface area contributed by atoms with Gasteiger partial charge in [0.2, 0.25) is 0 Å². The van der Waals surface area contributed by atoms with Gasteiger partial charge in [-0.25, -0.2) is 4.98 Å². The maximum Gasteiger partial charge on any atom is 0.416 e. The summed E-state index contributed by atoms with van der Waals surface area (Å²) in [6.45, 7) is 0. The van der Waals surface area contributed by atoms with E-state index in [1.54, 1.807) is 0 Å². The van der Waals surface area contributed by atoms with Gasteiger partial charge in [0, 0.05) is 16.9 Å². The Labute approximate surface area is 117 Å². The van der Waals surface area contributed by atoms with Gasteiger partial charge in [0.05, 0.1) is 5.56 Å². The molecule has 0 spiro atoms. The monoisotopic (exact) mass is 297 g/mol. The molecule has 1 aromatic carbocycles. The van der Waals surface area contributed by atoms with E-state index in [4.69, 9.17) is 0 Å². The zero-order valence-corrected chi connectivity index (χ0v) is 11.1. The molecule has 3 rings (SSSR count). The van der Waals surface area contributed by atoms with Gasteiger partial charge in [0.25, 0.3) is 0 Å². The normalized spacial score (nSPS) is 15.2. The molecule has 1 heterocycles. The van der Waals surface area contributed by atoms with E-state index in [1.165, 1.54) is 23.5 Å². The zero-order chi connectivity index (χ0) is 14.3. The molecule has 1 aromatic heterocycles. The van der Waals surface area contributed by atoms with Gasteiger partial charge in [-0.05, 0) is 25.0 Å². The summed E-state index contributed by atoms with van der Waals surface area (Å²) in [5.41, 5.74) is 0.431. The molecule has 20 heavy (non-hydrogen) atoms. The molecular weight excluding hydrogens is 287 g/mol. The Balaban J connectivity index is 1.96. The highest BCUT2D eigenvalue weighted by Gasteiger charge is 2.30. The van der Waals surface area contributed by atoms with Gasteiger partial charge in [-0.2, -0.15) is 13.2 Å². The molecule has 0 N–H and O–H groups in total. The van der Waals surface area contributed by atoms with E-state index >= 15 is 0 Å². The molecule has 0 saturated carbocycles. The molecule has 2 nitrogen and oxygen atoms in total. The molecule has 0 unspecified atom stereocenters. The fourth-order valence-corrected chi connectivity index (χ4v) is 3.32. The fraction of sp³-hybridized carbons (Fsp3) is 0.286. The summed E-state index contributed by atoms with van der Waals surface area (Å²) < 4.78 is 37.5. The highest BCUT2D eigenvalue weighted by atomic mass is 32.1. The van der Waals surface area contributed by atoms with Crippen LogP contribution in [0.1, 0.15) is 33.8 Å². The molecule has 0 atom stereocenters. The third-order valence-corrected chi connectivity index (χ3v) is 4.39. The lowest BCUT2D eigenvalue weighted by Gasteiger charge is -2.06. The van der Waals surface area contributed by atoms with Crippen LogP contribution < -0.4 is 0 Å². The Morgan fingerprint density at radius 3 is 2.40 bits per heavy atom. The number of Topliss-reactive ketones (excluding diaryl/α,β-unsaturated/α-hetero) is 1. The first-order valence-electron chi connectivity index (χ1n) is 6.16. The first-order valence-corrected chi connectivity index (χ1v) is 6.97. The van der Waals surface area contributed by atoms with E-state index in [-0.39, 0.29) is 5.78 Å². The van der Waals surface area contributed by atoms with Crippen LogP contribution in [0.2, 0.25) is 0 Å². The van der Waals surface area contributed by atoms with Crippen LogP contribution in [0.25, 0.3) is 10.6 Å². The molecule has 0 aliphatic heterocycles. The van der Waals surface area contributed by atoms with Crippen molar-refractivity contribution >= 4 is 17.1 Å². The molecule has 1 aliphatic carbocycles. The van der Waals surface area contributed by atoms with E-state index in [1.807, 2.05) is 0 Å². The van der Waals surface area contributed by atoms with Crippen molar-refractivity contribution in [3.8, 4) is 10.6 Å². The SMILES string of the molecule is O=C1CCCc2sc(-c3ccc(C(F)(F)F)cc3)nc21. The minimum absolute atomic E-state index is 0.0284. The van der Waals surface area contributed by atoms with E-state index < -0.39 is 11.7 Å². The Morgan fingerprint density at radius 2 is 1.80 bits per heavy atom. The summed E-state index contributed by atoms with van der Waals surface area (Å²) in [6.07, 6.45) is -2.19. The minimum Gasteiger partial charge on any atom is -0.292 e. The second kappa shape index (κ2) is 4.70. The number of benzene rings is 1. The van der Waals surface area contributed by atoms with Crippen molar-refractivity contribution in [1.29, 1.82) is 0 Å². The highest BCUT2D eigenvalue weighted by molar-refractivity contribution is 7.15. The molecular formula is C14H10F3NOS. The number of hydrogen-bond acceptors (Lipinski definition) is 3. The van der Waals surface area contributed by atoms with Crippen molar-refractivity contribution in [2.45, 2.75) is 25.4 Å². The Morgan fingerprint density at radius 1 is 1.10 bits per heavy atom. The van der Waals surface area contributed by atoms with E-state index in [9.17, 15) is 18.0 Å². The molecule has 0 fully saturated rings. The lowest BCUT2D eigenvalue weighted by molar-refractivity contribution is -0.137. The summed E-state index contributed by atoms with van der Waals surface area (Å²) in [6, 6.07) is 4.88. The molecule has 1 aliphatic rings. The number of fused-ring (bicyclic) bond motifs is 1. The molecule has 0 bridgehead atoms. The van der Waals surface area contributed by atoms with Gasteiger partial charge >= 0.3 is 6.18 Å². The maximum atomic E-state index is 12.5. The first-order chi connectivity index (χ1) is 9.45. The second-order valence-corrected chi connectivity index (χ2v) is 5.73. The van der Waals surface area contributed by atoms with Gasteiger partial charge in [0.1, 0.15) is 10.7 Å². The smallest absolute Gasteiger partial charge is 0.292 e. The minimum atomic E-state index is -4.34. The standard InChI is InChI=1S/C14H10F3NOS/c15-14(16,17)9-6-4-8(5-7-9)13-18-12-10(19)2-1-3-11(12)20-13/h4-7H,1-3H2. The number of thiazole rings is 1. The van der Waals surface area contributed by atoms with E-state index in [0.717, 1.165) is 29.9 Å². The Bertz CT molecular complexity index is 658. The number of aryl methyl sites for hydroxylation is 1. The van der Waals surface area contributed by atoms with Crippen LogP contribution in [0.3, 0.4) is 0 Å². The van der Waals surface area contributed by atoms with Crippen molar-refractivity contribution in [2.24, 2.45) is 0 Å². The predicted octanol–water partition coefficient (Wildman–Crippen LogP) is 4.35. The first kappa shape index (κ1) is 13.3. The number of nitrogens with zero attached hydrogens (tertiary/aromatic N) is 1. The largest absolute Gasteiger partial charge is 0.416 e. The van der Waals surface area contributed by atoms with Crippen molar-refractivity contribution in [3.05, 3.63) is 40.4 Å². The molecule has 104 valence electrons. The average Bonchev–Trinajstić information content (AvgIpc) is 2.83. The molecule has 2 aromatic rings. The lowest BCUT2D eigenvalue weighted by atomic mass is 10.0. The number of carbonyl (C=O) groups is 1. The summed E-state index contributed by atoms with van der Waals surface area (Å²) in [7, 11) is 0. The Hall–Kier alpha value is -1.69. The van der Waals surface area contributed by atoms with Crippen molar-refractivity contribution < 1.29 is 18.0 Å². The average molecular weight is 297 g/mol. The molecule has 0 radical (unpaired) electrons. The van der Waals surface area contributed by atoms with Crippen molar-refractivity contribution in [2.75, 3.05) is 0 Å². The quantitative estimate of drug-likeness (QED) is 0.783. The van der Waals surface area contributed by atoms with Gasteiger partial charge in [0.15, 0.2) is 5.78 Å². The van der Waals surface area contributed by atoms with Crippen LogP contribution in [-0.2, 0) is 12.6 Å². The number of hydrogen-bond donors (Lipinski definition) is 0.